The minimum atomic E-state index is -3.59. The monoisotopic (exact) mass is 325 g/mol. The number of aryl methyl sites for hydroxylation is 1. The number of hydrogen-bond acceptors (Lipinski definition) is 4. The quantitative estimate of drug-likeness (QED) is 0.723. The minimum absolute atomic E-state index is 0.199. The highest BCUT2D eigenvalue weighted by atomic mass is 32.2. The molecule has 0 saturated heterocycles. The van der Waals surface area contributed by atoms with Gasteiger partial charge in [-0.2, -0.15) is 4.31 Å². The summed E-state index contributed by atoms with van der Waals surface area (Å²) in [5.74, 6) is -0.0499. The predicted molar refractivity (Wildman–Crippen MR) is 84.3 cm³/mol. The largest absolute Gasteiger partial charge is 0.465 e. The second-order valence-corrected chi connectivity index (χ2v) is 7.68. The Morgan fingerprint density at radius 3 is 2.59 bits per heavy atom. The molecule has 0 unspecified atom stereocenters. The number of nitrogens with zero attached hydrogens (tertiary/aromatic N) is 1. The van der Waals surface area contributed by atoms with E-state index in [9.17, 15) is 13.2 Å². The molecule has 2 rings (SSSR count). The molecule has 0 amide bonds. The van der Waals surface area contributed by atoms with E-state index >= 15 is 0 Å². The van der Waals surface area contributed by atoms with Gasteiger partial charge in [-0.25, -0.2) is 13.2 Å². The summed E-state index contributed by atoms with van der Waals surface area (Å²) in [6.45, 7) is 4.78. The highest BCUT2D eigenvalue weighted by Crippen LogP contribution is 2.32. The first-order valence-electron chi connectivity index (χ1n) is 7.59. The van der Waals surface area contributed by atoms with Crippen LogP contribution in [0, 0.1) is 12.8 Å². The Morgan fingerprint density at radius 2 is 2.05 bits per heavy atom. The smallest absolute Gasteiger partial charge is 0.337 e. The van der Waals surface area contributed by atoms with Gasteiger partial charge in [0.1, 0.15) is 0 Å². The summed E-state index contributed by atoms with van der Waals surface area (Å²) in [7, 11) is -2.30. The Bertz CT molecular complexity index is 650. The van der Waals surface area contributed by atoms with Crippen LogP contribution >= 0.6 is 0 Å². The zero-order chi connectivity index (χ0) is 16.3. The summed E-state index contributed by atoms with van der Waals surface area (Å²) in [5.41, 5.74) is 0.902. The van der Waals surface area contributed by atoms with E-state index in [1.54, 1.807) is 23.4 Å². The molecule has 0 N–H and O–H groups in total. The maximum absolute atomic E-state index is 12.9. The van der Waals surface area contributed by atoms with Crippen molar-refractivity contribution in [2.75, 3.05) is 20.2 Å². The zero-order valence-electron chi connectivity index (χ0n) is 13.3. The lowest BCUT2D eigenvalue weighted by Crippen LogP contribution is -2.34. The Morgan fingerprint density at radius 1 is 1.36 bits per heavy atom. The fraction of sp³-hybridized carbons (Fsp3) is 0.562. The molecule has 122 valence electrons. The van der Waals surface area contributed by atoms with Crippen molar-refractivity contribution in [1.29, 1.82) is 0 Å². The number of hydrogen-bond donors (Lipinski definition) is 0. The van der Waals surface area contributed by atoms with Crippen LogP contribution in [0.5, 0.6) is 0 Å². The Balaban J connectivity index is 2.39. The third-order valence-electron chi connectivity index (χ3n) is 3.86. The summed E-state index contributed by atoms with van der Waals surface area (Å²) in [5, 5.41) is 0. The topological polar surface area (TPSA) is 63.7 Å². The summed E-state index contributed by atoms with van der Waals surface area (Å²) >= 11 is 0. The van der Waals surface area contributed by atoms with Crippen molar-refractivity contribution >= 4 is 16.0 Å². The van der Waals surface area contributed by atoms with E-state index in [4.69, 9.17) is 0 Å². The van der Waals surface area contributed by atoms with Gasteiger partial charge in [0, 0.05) is 13.1 Å². The summed E-state index contributed by atoms with van der Waals surface area (Å²) in [6.07, 6.45) is 2.95. The van der Waals surface area contributed by atoms with Crippen LogP contribution < -0.4 is 0 Å². The van der Waals surface area contributed by atoms with E-state index in [2.05, 4.69) is 4.74 Å². The van der Waals surface area contributed by atoms with Crippen molar-refractivity contribution in [1.82, 2.24) is 4.31 Å². The Labute approximate surface area is 132 Å². The number of esters is 1. The molecule has 1 aromatic carbocycles. The van der Waals surface area contributed by atoms with Gasteiger partial charge < -0.3 is 4.74 Å². The maximum atomic E-state index is 12.9. The average molecular weight is 325 g/mol. The first-order valence-corrected chi connectivity index (χ1v) is 9.03. The molecular formula is C16H23NO4S. The Hall–Kier alpha value is -1.40. The molecule has 5 nitrogen and oxygen atoms in total. The summed E-state index contributed by atoms with van der Waals surface area (Å²) < 4.78 is 32.1. The molecule has 1 aromatic rings. The van der Waals surface area contributed by atoms with Crippen molar-refractivity contribution < 1.29 is 17.9 Å². The normalized spacial score (nSPS) is 15.1. The van der Waals surface area contributed by atoms with Gasteiger partial charge in [-0.3, -0.25) is 0 Å². The second kappa shape index (κ2) is 6.79. The van der Waals surface area contributed by atoms with E-state index in [0.717, 1.165) is 19.3 Å². The summed E-state index contributed by atoms with van der Waals surface area (Å²) in [6, 6.07) is 4.66. The standard InChI is InChI=1S/C16H23NO4S/c1-4-9-17(11-13-6-7-13)22(19,20)15-10-14(16(18)21-3)8-5-12(15)2/h5,8,10,13H,4,6-7,9,11H2,1-3H3. The van der Waals surface area contributed by atoms with E-state index in [1.807, 2.05) is 6.92 Å². The highest BCUT2D eigenvalue weighted by Gasteiger charge is 2.32. The number of benzene rings is 1. The van der Waals surface area contributed by atoms with Crippen molar-refractivity contribution in [2.45, 2.75) is 38.0 Å². The van der Waals surface area contributed by atoms with Crippen LogP contribution in [-0.2, 0) is 14.8 Å². The van der Waals surface area contributed by atoms with Crippen LogP contribution in [0.4, 0.5) is 0 Å². The van der Waals surface area contributed by atoms with E-state index in [-0.39, 0.29) is 10.5 Å². The van der Waals surface area contributed by atoms with Gasteiger partial charge in [0.2, 0.25) is 10.0 Å². The lowest BCUT2D eigenvalue weighted by Gasteiger charge is -2.22. The molecule has 0 radical (unpaired) electrons. The predicted octanol–water partition coefficient (Wildman–Crippen LogP) is 2.59. The number of ether oxygens (including phenoxy) is 1. The molecule has 0 bridgehead atoms. The number of carbonyl (C=O) groups is 1. The fourth-order valence-electron chi connectivity index (χ4n) is 2.41. The van der Waals surface area contributed by atoms with Crippen LogP contribution in [0.25, 0.3) is 0 Å². The first-order chi connectivity index (χ1) is 10.4. The lowest BCUT2D eigenvalue weighted by atomic mass is 10.1. The van der Waals surface area contributed by atoms with Gasteiger partial charge in [-0.15, -0.1) is 0 Å². The van der Waals surface area contributed by atoms with Gasteiger partial charge in [0.15, 0.2) is 0 Å². The van der Waals surface area contributed by atoms with Crippen LogP contribution in [0.3, 0.4) is 0 Å². The molecule has 0 aromatic heterocycles. The molecule has 1 aliphatic carbocycles. The average Bonchev–Trinajstić information content (AvgIpc) is 3.30. The number of methoxy groups -OCH3 is 1. The van der Waals surface area contributed by atoms with Gasteiger partial charge in [0.25, 0.3) is 0 Å². The van der Waals surface area contributed by atoms with Crippen molar-refractivity contribution in [3.8, 4) is 0 Å². The van der Waals surface area contributed by atoms with Crippen LogP contribution in [0.2, 0.25) is 0 Å². The molecule has 0 aliphatic heterocycles. The van der Waals surface area contributed by atoms with Crippen LogP contribution in [-0.4, -0.2) is 38.9 Å². The summed E-state index contributed by atoms with van der Waals surface area (Å²) in [4.78, 5) is 11.9. The highest BCUT2D eigenvalue weighted by molar-refractivity contribution is 7.89. The molecule has 1 fully saturated rings. The first kappa shape index (κ1) is 17.0. The number of rotatable bonds is 7. The van der Waals surface area contributed by atoms with Gasteiger partial charge in [0.05, 0.1) is 17.6 Å². The number of sulfonamides is 1. The third-order valence-corrected chi connectivity index (χ3v) is 5.87. The SMILES string of the molecule is CCCN(CC1CC1)S(=O)(=O)c1cc(C(=O)OC)ccc1C. The maximum Gasteiger partial charge on any atom is 0.337 e. The molecule has 1 aliphatic rings. The van der Waals surface area contributed by atoms with Gasteiger partial charge >= 0.3 is 5.97 Å². The van der Waals surface area contributed by atoms with Gasteiger partial charge in [-0.05, 0) is 49.8 Å². The van der Waals surface area contributed by atoms with E-state index in [0.29, 0.717) is 24.6 Å². The van der Waals surface area contributed by atoms with Crippen molar-refractivity contribution in [3.63, 3.8) is 0 Å². The van der Waals surface area contributed by atoms with Crippen molar-refractivity contribution in [3.05, 3.63) is 29.3 Å². The van der Waals surface area contributed by atoms with Crippen molar-refractivity contribution in [2.24, 2.45) is 5.92 Å². The zero-order valence-corrected chi connectivity index (χ0v) is 14.1. The number of carbonyl (C=O) groups excluding carboxylic acids is 1. The molecule has 0 atom stereocenters. The second-order valence-electron chi connectivity index (χ2n) is 5.78. The molecule has 6 heteroatoms. The van der Waals surface area contributed by atoms with Crippen LogP contribution in [0.1, 0.15) is 42.1 Å². The van der Waals surface area contributed by atoms with Gasteiger partial charge in [-0.1, -0.05) is 13.0 Å². The van der Waals surface area contributed by atoms with E-state index in [1.165, 1.54) is 13.2 Å². The molecular weight excluding hydrogens is 302 g/mol. The Kier molecular flexibility index (Phi) is 5.24. The minimum Gasteiger partial charge on any atom is -0.465 e. The molecule has 0 spiro atoms. The van der Waals surface area contributed by atoms with E-state index < -0.39 is 16.0 Å². The molecule has 0 heterocycles. The third kappa shape index (κ3) is 3.67. The van der Waals surface area contributed by atoms with Crippen LogP contribution in [0.15, 0.2) is 23.1 Å². The molecule has 22 heavy (non-hydrogen) atoms. The lowest BCUT2D eigenvalue weighted by molar-refractivity contribution is 0.0600. The molecule has 1 saturated carbocycles. The fourth-order valence-corrected chi connectivity index (χ4v) is 4.27.